The van der Waals surface area contributed by atoms with E-state index in [1.165, 1.54) is 16.7 Å². The molecule has 6 heteroatoms. The van der Waals surface area contributed by atoms with E-state index >= 15 is 0 Å². The summed E-state index contributed by atoms with van der Waals surface area (Å²) >= 11 is 1.52. The van der Waals surface area contributed by atoms with Crippen molar-refractivity contribution in [2.75, 3.05) is 32.0 Å². The average molecular weight is 293 g/mol. The highest BCUT2D eigenvalue weighted by molar-refractivity contribution is 7.99. The van der Waals surface area contributed by atoms with Gasteiger partial charge in [0.2, 0.25) is 0 Å². The Labute approximate surface area is 115 Å². The summed E-state index contributed by atoms with van der Waals surface area (Å²) in [6.07, 6.45) is -4.22. The molecule has 0 fully saturated rings. The lowest BCUT2D eigenvalue weighted by Gasteiger charge is -2.22. The van der Waals surface area contributed by atoms with E-state index in [4.69, 9.17) is 5.11 Å². The van der Waals surface area contributed by atoms with Gasteiger partial charge in [0.1, 0.15) is 0 Å². The van der Waals surface area contributed by atoms with Crippen LogP contribution in [0.25, 0.3) is 0 Å². The van der Waals surface area contributed by atoms with E-state index in [0.717, 1.165) is 10.5 Å². The highest BCUT2D eigenvalue weighted by Crippen LogP contribution is 2.20. The number of halogens is 3. The first kappa shape index (κ1) is 16.3. The third-order valence-corrected chi connectivity index (χ3v) is 3.51. The summed E-state index contributed by atoms with van der Waals surface area (Å²) in [5.74, 6) is 0.569. The Balaban J connectivity index is 2.37. The molecule has 0 saturated carbocycles. The second kappa shape index (κ2) is 7.77. The number of rotatable bonds is 7. The highest BCUT2D eigenvalue weighted by Gasteiger charge is 2.30. The van der Waals surface area contributed by atoms with Crippen LogP contribution in [0.4, 0.5) is 13.2 Å². The lowest BCUT2D eigenvalue weighted by molar-refractivity contribution is -0.146. The zero-order valence-electron chi connectivity index (χ0n) is 10.8. The Morgan fingerprint density at radius 3 is 2.32 bits per heavy atom. The first-order valence-electron chi connectivity index (χ1n) is 6.00. The molecule has 0 unspecified atom stereocenters. The van der Waals surface area contributed by atoms with Gasteiger partial charge in [-0.3, -0.25) is 4.90 Å². The quantitative estimate of drug-likeness (QED) is 0.782. The van der Waals surface area contributed by atoms with Crippen LogP contribution in [0.5, 0.6) is 0 Å². The van der Waals surface area contributed by atoms with E-state index in [1.807, 2.05) is 31.2 Å². The monoisotopic (exact) mass is 293 g/mol. The number of benzene rings is 1. The molecular formula is C13H18F3NOS. The van der Waals surface area contributed by atoms with Crippen LogP contribution < -0.4 is 0 Å². The largest absolute Gasteiger partial charge is 0.401 e. The van der Waals surface area contributed by atoms with E-state index in [1.54, 1.807) is 0 Å². The van der Waals surface area contributed by atoms with Crippen LogP contribution in [-0.4, -0.2) is 48.2 Å². The molecule has 0 radical (unpaired) electrons. The van der Waals surface area contributed by atoms with E-state index < -0.39 is 12.7 Å². The first-order valence-corrected chi connectivity index (χ1v) is 6.99. The fraction of sp³-hybridized carbons (Fsp3) is 0.538. The zero-order valence-corrected chi connectivity index (χ0v) is 11.6. The van der Waals surface area contributed by atoms with Gasteiger partial charge < -0.3 is 5.11 Å². The smallest absolute Gasteiger partial charge is 0.395 e. The van der Waals surface area contributed by atoms with Gasteiger partial charge in [0.25, 0.3) is 0 Å². The minimum absolute atomic E-state index is 0.0496. The summed E-state index contributed by atoms with van der Waals surface area (Å²) in [6.45, 7) is 1.11. The fourth-order valence-electron chi connectivity index (χ4n) is 1.59. The van der Waals surface area contributed by atoms with Crippen molar-refractivity contribution >= 4 is 11.8 Å². The molecule has 2 nitrogen and oxygen atoms in total. The lowest BCUT2D eigenvalue weighted by Crippen LogP contribution is -2.37. The maximum Gasteiger partial charge on any atom is 0.401 e. The molecule has 0 aliphatic heterocycles. The van der Waals surface area contributed by atoms with Crippen LogP contribution in [0, 0.1) is 6.92 Å². The molecule has 1 aromatic carbocycles. The molecule has 0 aliphatic carbocycles. The van der Waals surface area contributed by atoms with Gasteiger partial charge in [-0.05, 0) is 19.1 Å². The van der Waals surface area contributed by atoms with Gasteiger partial charge in [0.05, 0.1) is 13.2 Å². The molecule has 19 heavy (non-hydrogen) atoms. The molecule has 1 N–H and O–H groups in total. The Morgan fingerprint density at radius 2 is 1.79 bits per heavy atom. The van der Waals surface area contributed by atoms with E-state index in [2.05, 4.69) is 0 Å². The Hall–Kier alpha value is -0.720. The molecule has 0 aliphatic rings. The first-order chi connectivity index (χ1) is 8.90. The molecule has 1 aromatic rings. The second-order valence-corrected chi connectivity index (χ2v) is 5.44. The van der Waals surface area contributed by atoms with Crippen LogP contribution in [0.2, 0.25) is 0 Å². The SMILES string of the molecule is Cc1ccc(SCCN(CCO)CC(F)(F)F)cc1. The predicted octanol–water partition coefficient (Wildman–Crippen LogP) is 2.94. The number of aryl methyl sites for hydroxylation is 1. The predicted molar refractivity (Wildman–Crippen MR) is 71.5 cm³/mol. The van der Waals surface area contributed by atoms with Crippen LogP contribution in [-0.2, 0) is 0 Å². The molecule has 0 aromatic heterocycles. The van der Waals surface area contributed by atoms with Gasteiger partial charge in [-0.15, -0.1) is 11.8 Å². The molecule has 0 spiro atoms. The van der Waals surface area contributed by atoms with Crippen LogP contribution in [0.15, 0.2) is 29.2 Å². The maximum atomic E-state index is 12.3. The Kier molecular flexibility index (Phi) is 6.68. The van der Waals surface area contributed by atoms with Gasteiger partial charge in [0.15, 0.2) is 0 Å². The molecule has 0 heterocycles. The summed E-state index contributed by atoms with van der Waals surface area (Å²) in [7, 11) is 0. The van der Waals surface area contributed by atoms with Gasteiger partial charge in [-0.25, -0.2) is 0 Å². The normalized spacial score (nSPS) is 12.1. The lowest BCUT2D eigenvalue weighted by atomic mass is 10.2. The molecular weight excluding hydrogens is 275 g/mol. The van der Waals surface area contributed by atoms with Crippen molar-refractivity contribution in [3.8, 4) is 0 Å². The van der Waals surface area contributed by atoms with E-state index in [-0.39, 0.29) is 13.2 Å². The number of hydrogen-bond donors (Lipinski definition) is 1. The molecule has 1 rings (SSSR count). The molecule has 0 saturated heterocycles. The van der Waals surface area contributed by atoms with E-state index in [9.17, 15) is 13.2 Å². The van der Waals surface area contributed by atoms with Gasteiger partial charge in [-0.1, -0.05) is 17.7 Å². The summed E-state index contributed by atoms with van der Waals surface area (Å²) in [5, 5.41) is 8.76. The fourth-order valence-corrected chi connectivity index (χ4v) is 2.51. The summed E-state index contributed by atoms with van der Waals surface area (Å²) in [5.41, 5.74) is 1.16. The maximum absolute atomic E-state index is 12.3. The second-order valence-electron chi connectivity index (χ2n) is 4.28. The molecule has 0 amide bonds. The van der Waals surface area contributed by atoms with Crippen molar-refractivity contribution in [1.82, 2.24) is 4.90 Å². The summed E-state index contributed by atoms with van der Waals surface area (Å²) in [6, 6.07) is 7.87. The number of nitrogens with zero attached hydrogens (tertiary/aromatic N) is 1. The van der Waals surface area contributed by atoms with Crippen LogP contribution in [0.1, 0.15) is 5.56 Å². The minimum atomic E-state index is -4.22. The van der Waals surface area contributed by atoms with Gasteiger partial charge in [0, 0.05) is 23.7 Å². The Morgan fingerprint density at radius 1 is 1.16 bits per heavy atom. The van der Waals surface area contributed by atoms with E-state index in [0.29, 0.717) is 12.3 Å². The summed E-state index contributed by atoms with van der Waals surface area (Å²) in [4.78, 5) is 2.27. The van der Waals surface area contributed by atoms with Crippen molar-refractivity contribution in [3.63, 3.8) is 0 Å². The number of alkyl halides is 3. The standard InChI is InChI=1S/C13H18F3NOS/c1-11-2-4-12(5-3-11)19-9-7-17(6-8-18)10-13(14,15)16/h2-5,18H,6-10H2,1H3. The number of aliphatic hydroxyl groups excluding tert-OH is 1. The van der Waals surface area contributed by atoms with Crippen LogP contribution in [0.3, 0.4) is 0 Å². The molecule has 108 valence electrons. The topological polar surface area (TPSA) is 23.5 Å². The molecule has 0 bridgehead atoms. The van der Waals surface area contributed by atoms with Crippen molar-refractivity contribution in [3.05, 3.63) is 29.8 Å². The summed E-state index contributed by atoms with van der Waals surface area (Å²) < 4.78 is 36.9. The third kappa shape index (κ3) is 7.44. The third-order valence-electron chi connectivity index (χ3n) is 2.52. The van der Waals surface area contributed by atoms with Gasteiger partial charge >= 0.3 is 6.18 Å². The van der Waals surface area contributed by atoms with Crippen molar-refractivity contribution < 1.29 is 18.3 Å². The Bertz CT molecular complexity index is 367. The van der Waals surface area contributed by atoms with Crippen molar-refractivity contribution in [1.29, 1.82) is 0 Å². The number of hydrogen-bond acceptors (Lipinski definition) is 3. The van der Waals surface area contributed by atoms with Gasteiger partial charge in [-0.2, -0.15) is 13.2 Å². The number of thioether (sulfide) groups is 1. The van der Waals surface area contributed by atoms with Crippen molar-refractivity contribution in [2.24, 2.45) is 0 Å². The zero-order chi connectivity index (χ0) is 14.3. The number of aliphatic hydroxyl groups is 1. The highest BCUT2D eigenvalue weighted by atomic mass is 32.2. The minimum Gasteiger partial charge on any atom is -0.395 e. The van der Waals surface area contributed by atoms with Crippen molar-refractivity contribution in [2.45, 2.75) is 18.0 Å². The molecule has 0 atom stereocenters. The van der Waals surface area contributed by atoms with Crippen LogP contribution >= 0.6 is 11.8 Å². The average Bonchev–Trinajstić information content (AvgIpc) is 2.30.